The van der Waals surface area contributed by atoms with Crippen LogP contribution in [0, 0.1) is 0 Å². The number of nitrogens with zero attached hydrogens (tertiary/aromatic N) is 1. The summed E-state index contributed by atoms with van der Waals surface area (Å²) in [5.74, 6) is 0.797. The van der Waals surface area contributed by atoms with Crippen LogP contribution in [-0.2, 0) is 16.0 Å². The molecule has 3 aromatic carbocycles. The molecule has 0 saturated carbocycles. The lowest BCUT2D eigenvalue weighted by atomic mass is 10.1. The zero-order valence-corrected chi connectivity index (χ0v) is 20.7. The standard InChI is InChI=1S/C27H24N2O4S2/c1-32-22-13-11-21(12-14-22)28-25(30)18-33-23-10-6-5-9-20(23)17-24-26(31)29(27(34)35-24)16-15-19-7-3-2-4-8-19/h2-14,17H,15-16,18H2,1H3,(H,28,30)/b24-17-. The van der Waals surface area contributed by atoms with Crippen molar-refractivity contribution in [3.63, 3.8) is 0 Å². The van der Waals surface area contributed by atoms with Gasteiger partial charge < -0.3 is 14.8 Å². The molecule has 0 aliphatic carbocycles. The number of benzene rings is 3. The molecular formula is C27H24N2O4S2. The van der Waals surface area contributed by atoms with Crippen LogP contribution in [0.25, 0.3) is 6.08 Å². The zero-order chi connectivity index (χ0) is 24.6. The predicted octanol–water partition coefficient (Wildman–Crippen LogP) is 5.16. The van der Waals surface area contributed by atoms with Crippen molar-refractivity contribution in [1.29, 1.82) is 0 Å². The van der Waals surface area contributed by atoms with Crippen molar-refractivity contribution in [2.45, 2.75) is 6.42 Å². The molecule has 1 fully saturated rings. The van der Waals surface area contributed by atoms with Crippen molar-refractivity contribution in [3.05, 3.63) is 94.9 Å². The van der Waals surface area contributed by atoms with Gasteiger partial charge in [0.05, 0.1) is 12.0 Å². The molecule has 1 N–H and O–H groups in total. The molecule has 178 valence electrons. The Morgan fingerprint density at radius 2 is 1.74 bits per heavy atom. The van der Waals surface area contributed by atoms with Gasteiger partial charge in [-0.25, -0.2) is 0 Å². The van der Waals surface area contributed by atoms with Crippen molar-refractivity contribution in [2.24, 2.45) is 0 Å². The second kappa shape index (κ2) is 11.7. The van der Waals surface area contributed by atoms with Gasteiger partial charge in [-0.3, -0.25) is 14.5 Å². The van der Waals surface area contributed by atoms with Crippen LogP contribution in [0.5, 0.6) is 11.5 Å². The van der Waals surface area contributed by atoms with E-state index in [9.17, 15) is 9.59 Å². The van der Waals surface area contributed by atoms with E-state index in [4.69, 9.17) is 21.7 Å². The molecule has 0 unspecified atom stereocenters. The summed E-state index contributed by atoms with van der Waals surface area (Å²) in [5, 5.41) is 2.79. The molecule has 1 saturated heterocycles. The number of ether oxygens (including phenoxy) is 2. The number of hydrogen-bond donors (Lipinski definition) is 1. The van der Waals surface area contributed by atoms with Gasteiger partial charge in [0.2, 0.25) is 0 Å². The fourth-order valence-corrected chi connectivity index (χ4v) is 4.76. The van der Waals surface area contributed by atoms with E-state index in [0.29, 0.717) is 38.5 Å². The van der Waals surface area contributed by atoms with E-state index in [2.05, 4.69) is 5.32 Å². The first-order valence-electron chi connectivity index (χ1n) is 11.0. The van der Waals surface area contributed by atoms with Gasteiger partial charge >= 0.3 is 0 Å². The molecular weight excluding hydrogens is 480 g/mol. The summed E-state index contributed by atoms with van der Waals surface area (Å²) in [6.45, 7) is 0.352. The van der Waals surface area contributed by atoms with Crippen LogP contribution in [0.4, 0.5) is 5.69 Å². The van der Waals surface area contributed by atoms with Crippen LogP contribution in [0.1, 0.15) is 11.1 Å². The van der Waals surface area contributed by atoms with Gasteiger partial charge in [-0.1, -0.05) is 72.5 Å². The van der Waals surface area contributed by atoms with E-state index in [-0.39, 0.29) is 18.4 Å². The maximum Gasteiger partial charge on any atom is 0.266 e. The normalized spacial score (nSPS) is 14.3. The van der Waals surface area contributed by atoms with E-state index in [1.807, 2.05) is 48.5 Å². The van der Waals surface area contributed by atoms with E-state index in [1.165, 1.54) is 11.8 Å². The van der Waals surface area contributed by atoms with Gasteiger partial charge in [0.15, 0.2) is 6.61 Å². The SMILES string of the molecule is COc1ccc(NC(=O)COc2ccccc2/C=C2\SC(=S)N(CCc3ccccc3)C2=O)cc1. The highest BCUT2D eigenvalue weighted by Gasteiger charge is 2.31. The lowest BCUT2D eigenvalue weighted by Gasteiger charge is -2.14. The number of nitrogens with one attached hydrogen (secondary N) is 1. The number of thiocarbonyl (C=S) groups is 1. The van der Waals surface area contributed by atoms with E-state index < -0.39 is 0 Å². The van der Waals surface area contributed by atoms with Crippen LogP contribution in [0.3, 0.4) is 0 Å². The Morgan fingerprint density at radius 3 is 2.49 bits per heavy atom. The third-order valence-electron chi connectivity index (χ3n) is 5.28. The van der Waals surface area contributed by atoms with Gasteiger partial charge in [0.25, 0.3) is 11.8 Å². The second-order valence-electron chi connectivity index (χ2n) is 7.67. The quantitative estimate of drug-likeness (QED) is 0.321. The monoisotopic (exact) mass is 504 g/mol. The van der Waals surface area contributed by atoms with Crippen molar-refractivity contribution < 1.29 is 19.1 Å². The molecule has 6 nitrogen and oxygen atoms in total. The minimum absolute atomic E-state index is 0.122. The molecule has 0 radical (unpaired) electrons. The summed E-state index contributed by atoms with van der Waals surface area (Å²) in [5.41, 5.74) is 2.50. The first-order valence-corrected chi connectivity index (χ1v) is 12.2. The Hall–Kier alpha value is -3.62. The van der Waals surface area contributed by atoms with Crippen LogP contribution in [0.2, 0.25) is 0 Å². The third kappa shape index (κ3) is 6.49. The average Bonchev–Trinajstić information content (AvgIpc) is 3.15. The Bertz CT molecular complexity index is 1240. The lowest BCUT2D eigenvalue weighted by Crippen LogP contribution is -2.30. The fraction of sp³-hybridized carbons (Fsp3) is 0.148. The van der Waals surface area contributed by atoms with Crippen LogP contribution in [0.15, 0.2) is 83.8 Å². The minimum Gasteiger partial charge on any atom is -0.497 e. The molecule has 3 aromatic rings. The highest BCUT2D eigenvalue weighted by Crippen LogP contribution is 2.34. The number of carbonyl (C=O) groups excluding carboxylic acids is 2. The molecule has 35 heavy (non-hydrogen) atoms. The Labute approximate surface area is 213 Å². The summed E-state index contributed by atoms with van der Waals surface area (Å²) in [7, 11) is 1.58. The maximum absolute atomic E-state index is 13.0. The minimum atomic E-state index is -0.294. The van der Waals surface area contributed by atoms with Gasteiger partial charge in [-0.05, 0) is 48.4 Å². The molecule has 1 aliphatic rings. The maximum atomic E-state index is 13.0. The summed E-state index contributed by atoms with van der Waals surface area (Å²) >= 11 is 6.73. The number of para-hydroxylation sites is 1. The smallest absolute Gasteiger partial charge is 0.266 e. The van der Waals surface area contributed by atoms with Gasteiger partial charge in [-0.15, -0.1) is 0 Å². The first-order chi connectivity index (χ1) is 17.0. The molecule has 4 rings (SSSR count). The molecule has 1 aliphatic heterocycles. The average molecular weight is 505 g/mol. The number of rotatable bonds is 9. The van der Waals surface area contributed by atoms with Crippen molar-refractivity contribution in [1.82, 2.24) is 4.90 Å². The van der Waals surface area contributed by atoms with Crippen molar-refractivity contribution >= 4 is 51.9 Å². The topological polar surface area (TPSA) is 67.9 Å². The molecule has 2 amide bonds. The predicted molar refractivity (Wildman–Crippen MR) is 144 cm³/mol. The molecule has 0 bridgehead atoms. The highest BCUT2D eigenvalue weighted by molar-refractivity contribution is 8.26. The first kappa shape index (κ1) is 24.5. The van der Waals surface area contributed by atoms with E-state index in [1.54, 1.807) is 48.4 Å². The van der Waals surface area contributed by atoms with Crippen LogP contribution in [-0.4, -0.2) is 41.3 Å². The molecule has 1 heterocycles. The molecule has 8 heteroatoms. The largest absolute Gasteiger partial charge is 0.497 e. The number of methoxy groups -OCH3 is 1. The second-order valence-corrected chi connectivity index (χ2v) is 9.35. The summed E-state index contributed by atoms with van der Waals surface area (Å²) in [6.07, 6.45) is 2.49. The lowest BCUT2D eigenvalue weighted by molar-refractivity contribution is -0.122. The Morgan fingerprint density at radius 1 is 1.03 bits per heavy atom. The molecule has 0 spiro atoms. The van der Waals surface area contributed by atoms with E-state index in [0.717, 1.165) is 12.0 Å². The number of amides is 2. The van der Waals surface area contributed by atoms with Gasteiger partial charge in [-0.2, -0.15) is 0 Å². The summed E-state index contributed by atoms with van der Waals surface area (Å²) in [4.78, 5) is 27.5. The zero-order valence-electron chi connectivity index (χ0n) is 19.1. The van der Waals surface area contributed by atoms with E-state index >= 15 is 0 Å². The van der Waals surface area contributed by atoms with Crippen molar-refractivity contribution in [2.75, 3.05) is 25.6 Å². The fourth-order valence-electron chi connectivity index (χ4n) is 3.47. The van der Waals surface area contributed by atoms with Gasteiger partial charge in [0.1, 0.15) is 15.8 Å². The number of anilines is 1. The number of thioether (sulfide) groups is 1. The number of carbonyl (C=O) groups is 2. The van der Waals surface area contributed by atoms with Crippen molar-refractivity contribution in [3.8, 4) is 11.5 Å². The van der Waals surface area contributed by atoms with Crippen LogP contribution < -0.4 is 14.8 Å². The highest BCUT2D eigenvalue weighted by atomic mass is 32.2. The van der Waals surface area contributed by atoms with Gasteiger partial charge in [0, 0.05) is 17.8 Å². The number of hydrogen-bond acceptors (Lipinski definition) is 6. The van der Waals surface area contributed by atoms with Crippen LogP contribution >= 0.6 is 24.0 Å². The third-order valence-corrected chi connectivity index (χ3v) is 6.66. The summed E-state index contributed by atoms with van der Waals surface area (Å²) in [6, 6.07) is 24.3. The Balaban J connectivity index is 1.38. The Kier molecular flexibility index (Phi) is 8.18. The molecule has 0 aromatic heterocycles. The molecule has 0 atom stereocenters. The summed E-state index contributed by atoms with van der Waals surface area (Å²) < 4.78 is 11.4.